The third kappa shape index (κ3) is 4.90. The average molecular weight is 268 g/mol. The van der Waals surface area contributed by atoms with Crippen LogP contribution in [0.1, 0.15) is 20.8 Å². The fourth-order valence-electron chi connectivity index (χ4n) is 1.97. The molecule has 0 heterocycles. The number of ether oxygens (including phenoxy) is 3. The zero-order valence-electron chi connectivity index (χ0n) is 11.6. The normalized spacial score (nSPS) is 12.4. The second-order valence-electron chi connectivity index (χ2n) is 4.08. The molecule has 3 nitrogen and oxygen atoms in total. The number of rotatable bonds is 9. The van der Waals surface area contributed by atoms with E-state index in [9.17, 15) is 0 Å². The topological polar surface area (TPSA) is 27.7 Å². The number of hydrogen-bond acceptors (Lipinski definition) is 3. The van der Waals surface area contributed by atoms with Crippen LogP contribution in [0.25, 0.3) is 0 Å². The molecule has 0 aliphatic rings. The van der Waals surface area contributed by atoms with Crippen LogP contribution in [0, 0.1) is 0 Å². The summed E-state index contributed by atoms with van der Waals surface area (Å²) in [5.41, 5.74) is -0.527. The summed E-state index contributed by atoms with van der Waals surface area (Å²) < 4.78 is 17.3. The van der Waals surface area contributed by atoms with Crippen LogP contribution in [0.2, 0.25) is 0 Å². The van der Waals surface area contributed by atoms with Gasteiger partial charge in [-0.05, 0) is 20.8 Å². The van der Waals surface area contributed by atoms with Gasteiger partial charge in [0.2, 0.25) is 0 Å². The van der Waals surface area contributed by atoms with Crippen molar-refractivity contribution in [2.75, 3.05) is 26.4 Å². The smallest absolute Gasteiger partial charge is 0.172 e. The van der Waals surface area contributed by atoms with Crippen LogP contribution in [-0.2, 0) is 14.2 Å². The van der Waals surface area contributed by atoms with Crippen molar-refractivity contribution >= 4 is 14.7 Å². The Morgan fingerprint density at radius 2 is 1.56 bits per heavy atom. The van der Waals surface area contributed by atoms with Gasteiger partial charge < -0.3 is 14.2 Å². The van der Waals surface area contributed by atoms with Gasteiger partial charge in [0.25, 0.3) is 0 Å². The Morgan fingerprint density at radius 3 is 2.06 bits per heavy atom. The molecule has 0 bridgehead atoms. The van der Waals surface area contributed by atoms with Crippen molar-refractivity contribution in [1.82, 2.24) is 0 Å². The zero-order valence-corrected chi connectivity index (χ0v) is 13.1. The molecular weight excluding hydrogens is 244 g/mol. The van der Waals surface area contributed by atoms with Crippen molar-refractivity contribution in [3.05, 3.63) is 30.3 Å². The van der Waals surface area contributed by atoms with E-state index in [1.54, 1.807) is 0 Å². The Balaban J connectivity index is 2.79. The largest absolute Gasteiger partial charge is 0.377 e. The second kappa shape index (κ2) is 8.42. The first-order chi connectivity index (χ1) is 8.76. The maximum absolute atomic E-state index is 5.89. The van der Waals surface area contributed by atoms with E-state index >= 15 is 0 Å². The number of hydrogen-bond donors (Lipinski definition) is 0. The van der Waals surface area contributed by atoms with E-state index in [0.29, 0.717) is 26.4 Å². The first-order valence-corrected chi connectivity index (χ1v) is 8.07. The van der Waals surface area contributed by atoms with Crippen molar-refractivity contribution in [3.8, 4) is 0 Å². The second-order valence-corrected chi connectivity index (χ2v) is 6.32. The highest BCUT2D eigenvalue weighted by Crippen LogP contribution is 2.13. The van der Waals surface area contributed by atoms with Gasteiger partial charge in [-0.3, -0.25) is 0 Å². The molecular formula is C14H24O3Si. The summed E-state index contributed by atoms with van der Waals surface area (Å²) in [5.74, 6) is 0. The van der Waals surface area contributed by atoms with Crippen LogP contribution >= 0.6 is 0 Å². The summed E-state index contributed by atoms with van der Waals surface area (Å²) in [4.78, 5) is 0. The van der Waals surface area contributed by atoms with Gasteiger partial charge in [0, 0.05) is 19.8 Å². The van der Waals surface area contributed by atoms with Crippen LogP contribution in [0.5, 0.6) is 0 Å². The van der Waals surface area contributed by atoms with Gasteiger partial charge in [-0.15, -0.1) is 0 Å². The molecule has 0 atom stereocenters. The van der Waals surface area contributed by atoms with Crippen LogP contribution < -0.4 is 5.19 Å². The Labute approximate surface area is 112 Å². The van der Waals surface area contributed by atoms with Gasteiger partial charge in [0.1, 0.15) is 9.52 Å². The van der Waals surface area contributed by atoms with Crippen LogP contribution in [0.4, 0.5) is 0 Å². The van der Waals surface area contributed by atoms with E-state index in [2.05, 4.69) is 24.3 Å². The molecule has 0 N–H and O–H groups in total. The van der Waals surface area contributed by atoms with Gasteiger partial charge in [-0.25, -0.2) is 0 Å². The zero-order chi connectivity index (χ0) is 13.3. The molecule has 0 aliphatic carbocycles. The quantitative estimate of drug-likeness (QED) is 0.498. The van der Waals surface area contributed by atoms with Crippen LogP contribution in [-0.4, -0.2) is 41.4 Å². The maximum Gasteiger partial charge on any atom is 0.172 e. The van der Waals surface area contributed by atoms with Crippen molar-refractivity contribution < 1.29 is 14.2 Å². The minimum Gasteiger partial charge on any atom is -0.377 e. The van der Waals surface area contributed by atoms with E-state index < -0.39 is 14.9 Å². The predicted molar refractivity (Wildman–Crippen MR) is 77.1 cm³/mol. The molecule has 0 aliphatic heterocycles. The molecule has 0 fully saturated rings. The summed E-state index contributed by atoms with van der Waals surface area (Å²) in [5, 5.41) is 1.33. The lowest BCUT2D eigenvalue weighted by Gasteiger charge is -2.33. The summed E-state index contributed by atoms with van der Waals surface area (Å²) in [7, 11) is -0.716. The summed E-state index contributed by atoms with van der Waals surface area (Å²) >= 11 is 0. The molecule has 4 heteroatoms. The molecule has 0 saturated carbocycles. The van der Waals surface area contributed by atoms with Crippen molar-refractivity contribution in [2.45, 2.75) is 26.2 Å². The van der Waals surface area contributed by atoms with Gasteiger partial charge in [0.05, 0.1) is 6.61 Å². The average Bonchev–Trinajstić information content (AvgIpc) is 2.38. The lowest BCUT2D eigenvalue weighted by molar-refractivity contribution is -0.202. The van der Waals surface area contributed by atoms with Gasteiger partial charge in [-0.1, -0.05) is 35.5 Å². The van der Waals surface area contributed by atoms with Crippen molar-refractivity contribution in [1.29, 1.82) is 0 Å². The van der Waals surface area contributed by atoms with Crippen LogP contribution in [0.3, 0.4) is 0 Å². The maximum atomic E-state index is 5.89. The van der Waals surface area contributed by atoms with Crippen molar-refractivity contribution in [2.24, 2.45) is 0 Å². The van der Waals surface area contributed by atoms with E-state index in [1.807, 2.05) is 26.8 Å². The summed E-state index contributed by atoms with van der Waals surface area (Å²) in [6, 6.07) is 10.4. The highest BCUT2D eigenvalue weighted by Gasteiger charge is 2.32. The standard InChI is InChI=1S/C14H24O3Si/c1-4-15-12-14(16-5-2,17-6-3)18-13-10-8-7-9-11-13/h7-11H,4-6,12,18H2,1-3H3. The molecule has 1 aromatic carbocycles. The Hall–Kier alpha value is -0.683. The molecule has 0 radical (unpaired) electrons. The fourth-order valence-corrected chi connectivity index (χ4v) is 3.96. The minimum atomic E-state index is -0.716. The molecule has 102 valence electrons. The first-order valence-electron chi connectivity index (χ1n) is 6.66. The van der Waals surface area contributed by atoms with E-state index in [4.69, 9.17) is 14.2 Å². The third-order valence-corrected chi connectivity index (χ3v) is 4.69. The Bertz CT molecular complexity index is 310. The van der Waals surface area contributed by atoms with Gasteiger partial charge in [0.15, 0.2) is 5.41 Å². The lowest BCUT2D eigenvalue weighted by Crippen LogP contribution is -2.51. The minimum absolute atomic E-state index is 0.520. The molecule has 0 amide bonds. The molecule has 0 unspecified atom stereocenters. The molecule has 18 heavy (non-hydrogen) atoms. The molecule has 1 aromatic rings. The lowest BCUT2D eigenvalue weighted by atomic mass is 10.4. The molecule has 1 rings (SSSR count). The monoisotopic (exact) mass is 268 g/mol. The highest BCUT2D eigenvalue weighted by atomic mass is 28.2. The SMILES string of the molecule is CCOCC(OCC)(OCC)[SiH2]c1ccccc1. The fraction of sp³-hybridized carbons (Fsp3) is 0.571. The predicted octanol–water partition coefficient (Wildman–Crippen LogP) is 1.24. The summed E-state index contributed by atoms with van der Waals surface area (Å²) in [6.45, 7) is 8.49. The van der Waals surface area contributed by atoms with E-state index in [0.717, 1.165) is 0 Å². The number of benzene rings is 1. The Morgan fingerprint density at radius 1 is 0.944 bits per heavy atom. The van der Waals surface area contributed by atoms with Crippen molar-refractivity contribution in [3.63, 3.8) is 0 Å². The third-order valence-electron chi connectivity index (χ3n) is 2.66. The Kier molecular flexibility index (Phi) is 7.20. The van der Waals surface area contributed by atoms with Crippen LogP contribution in [0.15, 0.2) is 30.3 Å². The van der Waals surface area contributed by atoms with Gasteiger partial charge in [-0.2, -0.15) is 0 Å². The van der Waals surface area contributed by atoms with Gasteiger partial charge >= 0.3 is 0 Å². The highest BCUT2D eigenvalue weighted by molar-refractivity contribution is 6.56. The van der Waals surface area contributed by atoms with E-state index in [1.165, 1.54) is 5.19 Å². The first kappa shape index (κ1) is 15.4. The molecule has 0 aromatic heterocycles. The molecule has 0 spiro atoms. The summed E-state index contributed by atoms with van der Waals surface area (Å²) in [6.07, 6.45) is 0. The molecule has 0 saturated heterocycles. The van der Waals surface area contributed by atoms with E-state index in [-0.39, 0.29) is 0 Å².